The summed E-state index contributed by atoms with van der Waals surface area (Å²) in [5.41, 5.74) is 2.11. The Morgan fingerprint density at radius 3 is 2.45 bits per heavy atom. The number of methoxy groups -OCH3 is 1. The number of ether oxygens (including phenoxy) is 1. The molecule has 0 bridgehead atoms. The fraction of sp³-hybridized carbons (Fsp3) is 0.250. The average molecular weight is 486 g/mol. The number of rotatable bonds is 10. The maximum Gasteiger partial charge on any atom is 0.264 e. The van der Waals surface area contributed by atoms with Gasteiger partial charge in [0.15, 0.2) is 0 Å². The Balaban J connectivity index is 1.81. The number of carbonyl (C=O) groups is 1. The second kappa shape index (κ2) is 11.2. The Kier molecular flexibility index (Phi) is 8.35. The van der Waals surface area contributed by atoms with E-state index < -0.39 is 15.9 Å². The van der Waals surface area contributed by atoms with Gasteiger partial charge in [-0.2, -0.15) is 0 Å². The first kappa shape index (κ1) is 24.6. The van der Waals surface area contributed by atoms with Crippen LogP contribution in [0.3, 0.4) is 0 Å². The predicted molar refractivity (Wildman–Crippen MR) is 131 cm³/mol. The van der Waals surface area contributed by atoms with Gasteiger partial charge in [0.2, 0.25) is 5.91 Å². The Morgan fingerprint density at radius 2 is 1.79 bits per heavy atom. The second-order valence-electron chi connectivity index (χ2n) is 7.37. The van der Waals surface area contributed by atoms with Crippen LogP contribution in [0.25, 0.3) is 0 Å². The van der Waals surface area contributed by atoms with E-state index in [1.807, 2.05) is 38.1 Å². The van der Waals surface area contributed by atoms with Crippen molar-refractivity contribution in [3.63, 3.8) is 0 Å². The number of aromatic nitrogens is 1. The summed E-state index contributed by atoms with van der Waals surface area (Å²) in [5, 5.41) is 3.66. The average Bonchev–Trinajstić information content (AvgIpc) is 2.81. The number of benzene rings is 2. The maximum absolute atomic E-state index is 13.6. The lowest BCUT2D eigenvalue weighted by atomic mass is 10.2. The van der Waals surface area contributed by atoms with Crippen LogP contribution < -0.4 is 14.4 Å². The molecule has 3 aromatic rings. The van der Waals surface area contributed by atoms with E-state index in [9.17, 15) is 13.2 Å². The Labute approximate surface area is 199 Å². The summed E-state index contributed by atoms with van der Waals surface area (Å²) in [6, 6.07) is 17.4. The van der Waals surface area contributed by atoms with Gasteiger partial charge in [-0.1, -0.05) is 29.8 Å². The van der Waals surface area contributed by atoms with Gasteiger partial charge in [0.1, 0.15) is 12.3 Å². The summed E-state index contributed by atoms with van der Waals surface area (Å²) < 4.78 is 33.6. The molecule has 3 rings (SSSR count). The van der Waals surface area contributed by atoms with Gasteiger partial charge in [0.05, 0.1) is 22.7 Å². The van der Waals surface area contributed by atoms with E-state index in [-0.39, 0.29) is 11.4 Å². The van der Waals surface area contributed by atoms with Crippen molar-refractivity contribution in [2.45, 2.75) is 23.8 Å². The molecule has 1 heterocycles. The van der Waals surface area contributed by atoms with Gasteiger partial charge in [0, 0.05) is 18.5 Å². The van der Waals surface area contributed by atoms with E-state index in [2.05, 4.69) is 10.3 Å². The second-order valence-corrected chi connectivity index (χ2v) is 10.3. The minimum Gasteiger partial charge on any atom is -0.495 e. The fourth-order valence-electron chi connectivity index (χ4n) is 3.10. The zero-order chi connectivity index (χ0) is 23.8. The lowest BCUT2D eigenvalue weighted by Gasteiger charge is -2.26. The molecule has 1 N–H and O–H groups in total. The summed E-state index contributed by atoms with van der Waals surface area (Å²) >= 11 is 1.51. The molecule has 0 spiro atoms. The number of thioether (sulfide) groups is 1. The van der Waals surface area contributed by atoms with Gasteiger partial charge in [-0.25, -0.2) is 13.4 Å². The first-order valence-corrected chi connectivity index (χ1v) is 12.8. The summed E-state index contributed by atoms with van der Waals surface area (Å²) in [6.45, 7) is 3.75. The molecule has 1 aromatic heterocycles. The molecule has 0 aliphatic heterocycles. The molecule has 7 nitrogen and oxygen atoms in total. The Morgan fingerprint density at radius 1 is 1.06 bits per heavy atom. The summed E-state index contributed by atoms with van der Waals surface area (Å²) in [6.07, 6.45) is 1.71. The number of hydrogen-bond donors (Lipinski definition) is 1. The molecule has 0 aliphatic carbocycles. The number of anilines is 1. The topological polar surface area (TPSA) is 88.6 Å². The molecule has 0 fully saturated rings. The highest BCUT2D eigenvalue weighted by Crippen LogP contribution is 2.33. The van der Waals surface area contributed by atoms with Crippen molar-refractivity contribution in [2.24, 2.45) is 0 Å². The Bertz CT molecular complexity index is 1180. The number of carbonyl (C=O) groups excluding carboxylic acids is 1. The van der Waals surface area contributed by atoms with Crippen molar-refractivity contribution in [1.29, 1.82) is 0 Å². The number of nitrogens with one attached hydrogen (secondary N) is 1. The molecule has 0 atom stereocenters. The van der Waals surface area contributed by atoms with Crippen LogP contribution in [-0.2, 0) is 14.8 Å². The lowest BCUT2D eigenvalue weighted by molar-refractivity contribution is -0.119. The van der Waals surface area contributed by atoms with Gasteiger partial charge in [-0.15, -0.1) is 11.8 Å². The first-order chi connectivity index (χ1) is 15.8. The highest BCUT2D eigenvalue weighted by Gasteiger charge is 2.29. The SMILES string of the molecule is COc1ccc(C)cc1N(CC(=O)NCCSc1ccccn1)S(=O)(=O)c1ccc(C)cc1. The molecule has 33 heavy (non-hydrogen) atoms. The van der Waals surface area contributed by atoms with Gasteiger partial charge < -0.3 is 10.1 Å². The van der Waals surface area contributed by atoms with E-state index in [1.54, 1.807) is 42.6 Å². The minimum atomic E-state index is -4.01. The third kappa shape index (κ3) is 6.49. The molecule has 2 aromatic carbocycles. The molecular weight excluding hydrogens is 458 g/mol. The van der Waals surface area contributed by atoms with Crippen LogP contribution in [-0.4, -0.2) is 45.3 Å². The summed E-state index contributed by atoms with van der Waals surface area (Å²) in [5.74, 6) is 0.576. The van der Waals surface area contributed by atoms with Crippen LogP contribution >= 0.6 is 11.8 Å². The third-order valence-electron chi connectivity index (χ3n) is 4.81. The van der Waals surface area contributed by atoms with E-state index >= 15 is 0 Å². The van der Waals surface area contributed by atoms with Gasteiger partial charge in [-0.05, 0) is 55.8 Å². The predicted octanol–water partition coefficient (Wildman–Crippen LogP) is 3.81. The molecule has 0 saturated carbocycles. The molecule has 0 aliphatic rings. The van der Waals surface area contributed by atoms with Gasteiger partial charge in [-0.3, -0.25) is 9.10 Å². The van der Waals surface area contributed by atoms with Crippen molar-refractivity contribution in [2.75, 3.05) is 30.3 Å². The third-order valence-corrected chi connectivity index (χ3v) is 7.53. The van der Waals surface area contributed by atoms with Crippen LogP contribution in [0.5, 0.6) is 5.75 Å². The molecule has 0 radical (unpaired) electrons. The van der Waals surface area contributed by atoms with Gasteiger partial charge >= 0.3 is 0 Å². The maximum atomic E-state index is 13.6. The standard InChI is InChI=1S/C24H27N3O4S2/c1-18-7-10-20(11-8-18)33(29,30)27(21-16-19(2)9-12-22(21)31-3)17-23(28)25-14-15-32-24-6-4-5-13-26-24/h4-13,16H,14-15,17H2,1-3H3,(H,25,28). The number of nitrogens with zero attached hydrogens (tertiary/aromatic N) is 2. The quantitative estimate of drug-likeness (QED) is 0.347. The first-order valence-electron chi connectivity index (χ1n) is 10.4. The molecule has 1 amide bonds. The highest BCUT2D eigenvalue weighted by molar-refractivity contribution is 7.99. The fourth-order valence-corrected chi connectivity index (χ4v) is 5.24. The van der Waals surface area contributed by atoms with E-state index in [0.29, 0.717) is 23.7 Å². The smallest absolute Gasteiger partial charge is 0.264 e. The van der Waals surface area contributed by atoms with Gasteiger partial charge in [0.25, 0.3) is 10.0 Å². The minimum absolute atomic E-state index is 0.107. The van der Waals surface area contributed by atoms with Crippen molar-refractivity contribution >= 4 is 33.4 Å². The van der Waals surface area contributed by atoms with Crippen LogP contribution in [0.4, 0.5) is 5.69 Å². The zero-order valence-corrected chi connectivity index (χ0v) is 20.4. The van der Waals surface area contributed by atoms with E-state index in [1.165, 1.54) is 18.9 Å². The number of sulfonamides is 1. The molecule has 174 valence electrons. The van der Waals surface area contributed by atoms with Crippen LogP contribution in [0.2, 0.25) is 0 Å². The van der Waals surface area contributed by atoms with Crippen molar-refractivity contribution in [3.8, 4) is 5.75 Å². The van der Waals surface area contributed by atoms with E-state index in [4.69, 9.17) is 4.74 Å². The Hall–Kier alpha value is -3.04. The van der Waals surface area contributed by atoms with Crippen molar-refractivity contribution < 1.29 is 17.9 Å². The molecular formula is C24H27N3O4S2. The van der Waals surface area contributed by atoms with Crippen LogP contribution in [0.1, 0.15) is 11.1 Å². The lowest BCUT2D eigenvalue weighted by Crippen LogP contribution is -2.41. The van der Waals surface area contributed by atoms with Crippen LogP contribution in [0, 0.1) is 13.8 Å². The normalized spacial score (nSPS) is 11.1. The van der Waals surface area contributed by atoms with Crippen molar-refractivity contribution in [1.82, 2.24) is 10.3 Å². The highest BCUT2D eigenvalue weighted by atomic mass is 32.2. The number of pyridine rings is 1. The monoisotopic (exact) mass is 485 g/mol. The number of aryl methyl sites for hydroxylation is 2. The van der Waals surface area contributed by atoms with E-state index in [0.717, 1.165) is 20.5 Å². The molecule has 9 heteroatoms. The number of amides is 1. The largest absolute Gasteiger partial charge is 0.495 e. The molecule has 0 unspecified atom stereocenters. The summed E-state index contributed by atoms with van der Waals surface area (Å²) in [4.78, 5) is 17.1. The summed E-state index contributed by atoms with van der Waals surface area (Å²) in [7, 11) is -2.54. The van der Waals surface area contributed by atoms with Crippen LogP contribution in [0.15, 0.2) is 76.8 Å². The zero-order valence-electron chi connectivity index (χ0n) is 18.8. The van der Waals surface area contributed by atoms with Crippen molar-refractivity contribution in [3.05, 3.63) is 78.0 Å². The number of hydrogen-bond acceptors (Lipinski definition) is 6. The molecule has 0 saturated heterocycles.